The summed E-state index contributed by atoms with van der Waals surface area (Å²) in [6.07, 6.45) is 5.88. The van der Waals surface area contributed by atoms with E-state index in [0.717, 1.165) is 17.9 Å². The first-order chi connectivity index (χ1) is 10.3. The van der Waals surface area contributed by atoms with Gasteiger partial charge in [0, 0.05) is 16.7 Å². The molecule has 0 spiro atoms. The molecule has 1 aliphatic rings. The molecule has 106 valence electrons. The van der Waals surface area contributed by atoms with Crippen LogP contribution in [0, 0.1) is 6.92 Å². The summed E-state index contributed by atoms with van der Waals surface area (Å²) >= 11 is 1.89. The first kappa shape index (κ1) is 13.0. The molecule has 0 aliphatic heterocycles. The monoisotopic (exact) mass is 294 g/mol. The molecule has 0 amide bonds. The largest absolute Gasteiger partial charge is 0.237 e. The van der Waals surface area contributed by atoms with Crippen LogP contribution in [-0.4, -0.2) is 9.97 Å². The third kappa shape index (κ3) is 2.36. The minimum atomic E-state index is 0.820. The van der Waals surface area contributed by atoms with Gasteiger partial charge in [-0.1, -0.05) is 30.3 Å². The summed E-state index contributed by atoms with van der Waals surface area (Å²) < 4.78 is 0. The van der Waals surface area contributed by atoms with E-state index < -0.39 is 0 Å². The van der Waals surface area contributed by atoms with Crippen molar-refractivity contribution in [2.45, 2.75) is 39.0 Å². The molecule has 4 rings (SSSR count). The van der Waals surface area contributed by atoms with E-state index in [0.29, 0.717) is 0 Å². The quantitative estimate of drug-likeness (QED) is 0.697. The number of benzene rings is 1. The maximum atomic E-state index is 4.84. The van der Waals surface area contributed by atoms with Crippen LogP contribution >= 0.6 is 11.3 Å². The van der Waals surface area contributed by atoms with Crippen molar-refractivity contribution < 1.29 is 0 Å². The molecule has 0 atom stereocenters. The molecule has 1 aliphatic carbocycles. The molecule has 2 heterocycles. The Kier molecular flexibility index (Phi) is 3.23. The van der Waals surface area contributed by atoms with Gasteiger partial charge in [-0.15, -0.1) is 11.3 Å². The highest BCUT2D eigenvalue weighted by Crippen LogP contribution is 2.36. The Bertz CT molecular complexity index is 790. The molecule has 3 aromatic rings. The average molecular weight is 294 g/mol. The Morgan fingerprint density at radius 3 is 2.71 bits per heavy atom. The fraction of sp³-hybridized carbons (Fsp3) is 0.333. The summed E-state index contributed by atoms with van der Waals surface area (Å²) in [4.78, 5) is 12.4. The van der Waals surface area contributed by atoms with Gasteiger partial charge in [0.15, 0.2) is 0 Å². The predicted molar refractivity (Wildman–Crippen MR) is 88.0 cm³/mol. The van der Waals surface area contributed by atoms with Crippen molar-refractivity contribution in [2.24, 2.45) is 0 Å². The van der Waals surface area contributed by atoms with Crippen LogP contribution in [0.5, 0.6) is 0 Å². The van der Waals surface area contributed by atoms with Gasteiger partial charge in [-0.2, -0.15) is 0 Å². The van der Waals surface area contributed by atoms with Gasteiger partial charge in [-0.25, -0.2) is 9.97 Å². The second-order valence-corrected chi connectivity index (χ2v) is 6.86. The summed E-state index contributed by atoms with van der Waals surface area (Å²) in [6.45, 7) is 2.14. The second-order valence-electron chi connectivity index (χ2n) is 5.78. The summed E-state index contributed by atoms with van der Waals surface area (Å²) in [5.74, 6) is 0.949. The molecule has 0 saturated heterocycles. The van der Waals surface area contributed by atoms with Gasteiger partial charge in [-0.05, 0) is 43.7 Å². The number of rotatable bonds is 2. The minimum absolute atomic E-state index is 0.820. The Balaban J connectivity index is 1.79. The lowest BCUT2D eigenvalue weighted by Gasteiger charge is -2.11. The molecular weight excluding hydrogens is 276 g/mol. The molecule has 0 fully saturated rings. The van der Waals surface area contributed by atoms with Crippen molar-refractivity contribution in [3.05, 3.63) is 57.9 Å². The average Bonchev–Trinajstić information content (AvgIpc) is 2.87. The van der Waals surface area contributed by atoms with Gasteiger partial charge in [0.1, 0.15) is 10.7 Å². The molecule has 2 aromatic heterocycles. The highest BCUT2D eigenvalue weighted by atomic mass is 32.1. The van der Waals surface area contributed by atoms with Crippen LogP contribution in [0.2, 0.25) is 0 Å². The van der Waals surface area contributed by atoms with Gasteiger partial charge in [0.25, 0.3) is 0 Å². The van der Waals surface area contributed by atoms with Crippen molar-refractivity contribution in [1.82, 2.24) is 9.97 Å². The molecule has 3 heteroatoms. The zero-order chi connectivity index (χ0) is 14.2. The normalized spacial score (nSPS) is 14.3. The van der Waals surface area contributed by atoms with Crippen LogP contribution < -0.4 is 0 Å². The van der Waals surface area contributed by atoms with Gasteiger partial charge in [0.2, 0.25) is 0 Å². The van der Waals surface area contributed by atoms with Gasteiger partial charge >= 0.3 is 0 Å². The molecular formula is C18H18N2S. The van der Waals surface area contributed by atoms with Gasteiger partial charge in [-0.3, -0.25) is 0 Å². The fourth-order valence-electron chi connectivity index (χ4n) is 3.25. The number of hydrogen-bond acceptors (Lipinski definition) is 3. The van der Waals surface area contributed by atoms with Gasteiger partial charge < -0.3 is 0 Å². The Morgan fingerprint density at radius 2 is 1.86 bits per heavy atom. The number of aryl methyl sites for hydroxylation is 3. The maximum Gasteiger partial charge on any atom is 0.134 e. The van der Waals surface area contributed by atoms with Gasteiger partial charge in [0.05, 0.1) is 5.69 Å². The fourth-order valence-corrected chi connectivity index (χ4v) is 4.58. The summed E-state index contributed by atoms with van der Waals surface area (Å²) in [5.41, 5.74) is 3.97. The molecule has 0 unspecified atom stereocenters. The number of hydrogen-bond donors (Lipinski definition) is 0. The Labute approximate surface area is 128 Å². The Hall–Kier alpha value is -1.74. The van der Waals surface area contributed by atoms with Crippen molar-refractivity contribution in [1.29, 1.82) is 0 Å². The molecule has 0 radical (unpaired) electrons. The number of nitrogens with zero attached hydrogens (tertiary/aromatic N) is 2. The van der Waals surface area contributed by atoms with E-state index in [2.05, 4.69) is 31.2 Å². The van der Waals surface area contributed by atoms with E-state index in [1.54, 1.807) is 4.88 Å². The molecule has 1 aromatic carbocycles. The van der Waals surface area contributed by atoms with Crippen LogP contribution in [0.1, 0.15) is 40.4 Å². The third-order valence-corrected chi connectivity index (χ3v) is 5.43. The highest BCUT2D eigenvalue weighted by molar-refractivity contribution is 7.18. The van der Waals surface area contributed by atoms with E-state index in [1.165, 1.54) is 47.0 Å². The van der Waals surface area contributed by atoms with E-state index in [9.17, 15) is 0 Å². The van der Waals surface area contributed by atoms with Crippen LogP contribution in [0.4, 0.5) is 0 Å². The first-order valence-electron chi connectivity index (χ1n) is 7.63. The number of aromatic nitrogens is 2. The summed E-state index contributed by atoms with van der Waals surface area (Å²) in [7, 11) is 0. The zero-order valence-corrected chi connectivity index (χ0v) is 13.0. The van der Waals surface area contributed by atoms with Crippen LogP contribution in [0.25, 0.3) is 10.2 Å². The van der Waals surface area contributed by atoms with Crippen LogP contribution in [-0.2, 0) is 19.3 Å². The van der Waals surface area contributed by atoms with Crippen LogP contribution in [0.3, 0.4) is 0 Å². The minimum Gasteiger partial charge on any atom is -0.237 e. The number of fused-ring (bicyclic) bond motifs is 3. The SMILES string of the molecule is Cc1nc(Cc2ccccc2)nc2sc3c(c12)CCCC3. The third-order valence-electron chi connectivity index (χ3n) is 4.25. The van der Waals surface area contributed by atoms with Crippen molar-refractivity contribution in [2.75, 3.05) is 0 Å². The first-order valence-corrected chi connectivity index (χ1v) is 8.44. The zero-order valence-electron chi connectivity index (χ0n) is 12.2. The highest BCUT2D eigenvalue weighted by Gasteiger charge is 2.19. The molecule has 0 N–H and O–H groups in total. The van der Waals surface area contributed by atoms with E-state index >= 15 is 0 Å². The lowest BCUT2D eigenvalue weighted by Crippen LogP contribution is -2.01. The lowest BCUT2D eigenvalue weighted by molar-refractivity contribution is 0.700. The standard InChI is InChI=1S/C18H18N2S/c1-12-17-14-9-5-6-10-15(14)21-18(17)20-16(19-12)11-13-7-3-2-4-8-13/h2-4,7-8H,5-6,9-11H2,1H3. The van der Waals surface area contributed by atoms with Crippen molar-refractivity contribution in [3.8, 4) is 0 Å². The van der Waals surface area contributed by atoms with E-state index in [1.807, 2.05) is 17.4 Å². The second kappa shape index (κ2) is 5.23. The van der Waals surface area contributed by atoms with Crippen molar-refractivity contribution >= 4 is 21.6 Å². The van der Waals surface area contributed by atoms with E-state index in [4.69, 9.17) is 9.97 Å². The van der Waals surface area contributed by atoms with Crippen LogP contribution in [0.15, 0.2) is 30.3 Å². The Morgan fingerprint density at radius 1 is 1.05 bits per heavy atom. The van der Waals surface area contributed by atoms with E-state index in [-0.39, 0.29) is 0 Å². The predicted octanol–water partition coefficient (Wildman–Crippen LogP) is 4.47. The summed E-state index contributed by atoms with van der Waals surface area (Å²) in [5, 5.41) is 1.34. The number of thiophene rings is 1. The smallest absolute Gasteiger partial charge is 0.134 e. The topological polar surface area (TPSA) is 25.8 Å². The lowest BCUT2D eigenvalue weighted by atomic mass is 9.96. The molecule has 0 bridgehead atoms. The maximum absolute atomic E-state index is 4.84. The summed E-state index contributed by atoms with van der Waals surface area (Å²) in [6, 6.07) is 10.5. The molecule has 21 heavy (non-hydrogen) atoms. The molecule has 2 nitrogen and oxygen atoms in total. The molecule has 0 saturated carbocycles. The van der Waals surface area contributed by atoms with Crippen molar-refractivity contribution in [3.63, 3.8) is 0 Å².